The number of carbonyl (C=O) groups is 1. The van der Waals surface area contributed by atoms with E-state index in [0.29, 0.717) is 17.9 Å². The van der Waals surface area contributed by atoms with Crippen LogP contribution in [0.3, 0.4) is 0 Å². The van der Waals surface area contributed by atoms with Gasteiger partial charge in [0.25, 0.3) is 0 Å². The summed E-state index contributed by atoms with van der Waals surface area (Å²) < 4.78 is 5.05. The number of carbonyl (C=O) groups excluding carboxylic acids is 1. The molecule has 1 aromatic heterocycles. The summed E-state index contributed by atoms with van der Waals surface area (Å²) in [5.41, 5.74) is 6.63. The maximum absolute atomic E-state index is 11.9. The highest BCUT2D eigenvalue weighted by atomic mass is 16.5. The fraction of sp³-hybridized carbons (Fsp3) is 0.625. The third-order valence-corrected chi connectivity index (χ3v) is 4.16. The van der Waals surface area contributed by atoms with Gasteiger partial charge in [0.1, 0.15) is 5.82 Å². The number of esters is 1. The maximum atomic E-state index is 11.9. The van der Waals surface area contributed by atoms with E-state index >= 15 is 0 Å². The first-order valence-electron chi connectivity index (χ1n) is 7.83. The number of nitrogen functional groups attached to an aromatic ring is 1. The molecule has 0 bridgehead atoms. The zero-order chi connectivity index (χ0) is 15.2. The number of pyridine rings is 1. The van der Waals surface area contributed by atoms with Gasteiger partial charge in [-0.3, -0.25) is 0 Å². The number of ether oxygens (including phenoxy) is 1. The number of anilines is 2. The molecular formula is C16H25N3O2. The van der Waals surface area contributed by atoms with Gasteiger partial charge in [-0.2, -0.15) is 0 Å². The lowest BCUT2D eigenvalue weighted by atomic mass is 9.98. The van der Waals surface area contributed by atoms with Crippen LogP contribution in [-0.2, 0) is 4.74 Å². The summed E-state index contributed by atoms with van der Waals surface area (Å²) in [5, 5.41) is 0. The van der Waals surface area contributed by atoms with Crippen LogP contribution in [0, 0.1) is 5.92 Å². The van der Waals surface area contributed by atoms with Crippen LogP contribution >= 0.6 is 0 Å². The smallest absolute Gasteiger partial charge is 0.340 e. The molecule has 0 amide bonds. The van der Waals surface area contributed by atoms with Crippen molar-refractivity contribution in [2.45, 2.75) is 39.5 Å². The van der Waals surface area contributed by atoms with Crippen LogP contribution in [-0.4, -0.2) is 30.6 Å². The molecule has 5 nitrogen and oxygen atoms in total. The molecule has 0 aromatic carbocycles. The van der Waals surface area contributed by atoms with Gasteiger partial charge >= 0.3 is 5.97 Å². The summed E-state index contributed by atoms with van der Waals surface area (Å²) in [6.07, 6.45) is 6.41. The second-order valence-electron chi connectivity index (χ2n) is 5.54. The number of nitrogens with two attached hydrogens (primary N) is 1. The summed E-state index contributed by atoms with van der Waals surface area (Å²) in [7, 11) is 0. The molecule has 116 valence electrons. The van der Waals surface area contributed by atoms with Crippen LogP contribution < -0.4 is 10.6 Å². The van der Waals surface area contributed by atoms with Crippen LogP contribution in [0.2, 0.25) is 0 Å². The highest BCUT2D eigenvalue weighted by molar-refractivity contribution is 5.95. The first-order chi connectivity index (χ1) is 10.2. The quantitative estimate of drug-likeness (QED) is 0.864. The molecule has 2 N–H and O–H groups in total. The van der Waals surface area contributed by atoms with Crippen LogP contribution in [0.1, 0.15) is 49.9 Å². The van der Waals surface area contributed by atoms with Crippen molar-refractivity contribution in [3.63, 3.8) is 0 Å². The fourth-order valence-electron chi connectivity index (χ4n) is 2.82. The predicted molar refractivity (Wildman–Crippen MR) is 84.5 cm³/mol. The molecule has 1 atom stereocenters. The van der Waals surface area contributed by atoms with Crippen molar-refractivity contribution in [3.05, 3.63) is 17.8 Å². The molecule has 0 spiro atoms. The minimum absolute atomic E-state index is 0.345. The number of aromatic nitrogens is 1. The zero-order valence-corrected chi connectivity index (χ0v) is 13.0. The van der Waals surface area contributed by atoms with E-state index in [1.54, 1.807) is 19.2 Å². The Labute approximate surface area is 126 Å². The Kier molecular flexibility index (Phi) is 5.42. The van der Waals surface area contributed by atoms with Gasteiger partial charge in [-0.15, -0.1) is 0 Å². The lowest BCUT2D eigenvalue weighted by molar-refractivity contribution is 0.0527. The van der Waals surface area contributed by atoms with Crippen molar-refractivity contribution in [1.82, 2.24) is 4.98 Å². The minimum atomic E-state index is -0.375. The van der Waals surface area contributed by atoms with E-state index in [9.17, 15) is 4.79 Å². The average molecular weight is 291 g/mol. The third kappa shape index (κ3) is 3.86. The topological polar surface area (TPSA) is 68.5 Å². The minimum Gasteiger partial charge on any atom is -0.462 e. The van der Waals surface area contributed by atoms with E-state index in [0.717, 1.165) is 24.8 Å². The lowest BCUT2D eigenvalue weighted by Crippen LogP contribution is -2.25. The van der Waals surface area contributed by atoms with Gasteiger partial charge in [0.2, 0.25) is 0 Å². The van der Waals surface area contributed by atoms with Gasteiger partial charge < -0.3 is 15.4 Å². The van der Waals surface area contributed by atoms with E-state index in [-0.39, 0.29) is 5.97 Å². The summed E-state index contributed by atoms with van der Waals surface area (Å²) in [6.45, 7) is 6.35. The third-order valence-electron chi connectivity index (χ3n) is 4.16. The molecule has 21 heavy (non-hydrogen) atoms. The van der Waals surface area contributed by atoms with Gasteiger partial charge in [-0.05, 0) is 38.2 Å². The van der Waals surface area contributed by atoms with E-state index in [4.69, 9.17) is 10.5 Å². The first-order valence-corrected chi connectivity index (χ1v) is 7.83. The first kappa shape index (κ1) is 15.6. The number of hydrogen-bond acceptors (Lipinski definition) is 5. The molecule has 1 aliphatic heterocycles. The Morgan fingerprint density at radius 3 is 2.95 bits per heavy atom. The van der Waals surface area contributed by atoms with Crippen molar-refractivity contribution >= 4 is 17.5 Å². The Morgan fingerprint density at radius 2 is 2.24 bits per heavy atom. The second-order valence-corrected chi connectivity index (χ2v) is 5.54. The van der Waals surface area contributed by atoms with Crippen LogP contribution in [0.4, 0.5) is 11.5 Å². The molecule has 1 unspecified atom stereocenters. The maximum Gasteiger partial charge on any atom is 0.340 e. The molecule has 1 aromatic rings. The summed E-state index contributed by atoms with van der Waals surface area (Å²) in [5.74, 6) is 1.25. The van der Waals surface area contributed by atoms with Crippen LogP contribution in [0.5, 0.6) is 0 Å². The van der Waals surface area contributed by atoms with Crippen LogP contribution in [0.15, 0.2) is 12.3 Å². The van der Waals surface area contributed by atoms with Gasteiger partial charge in [-0.1, -0.05) is 13.3 Å². The standard InChI is InChI=1S/C16H25N3O2/c1-3-12-6-5-8-19(9-7-12)15-10-13(14(17)11-18-15)16(20)21-4-2/h10-12H,3-9,17H2,1-2H3. The molecule has 2 rings (SSSR count). The molecule has 0 aliphatic carbocycles. The van der Waals surface area contributed by atoms with Crippen molar-refractivity contribution in [1.29, 1.82) is 0 Å². The highest BCUT2D eigenvalue weighted by Gasteiger charge is 2.19. The summed E-state index contributed by atoms with van der Waals surface area (Å²) >= 11 is 0. The summed E-state index contributed by atoms with van der Waals surface area (Å²) in [4.78, 5) is 18.6. The van der Waals surface area contributed by atoms with Crippen molar-refractivity contribution < 1.29 is 9.53 Å². The SMILES string of the molecule is CCOC(=O)c1cc(N2CCCC(CC)CC2)ncc1N. The van der Waals surface area contributed by atoms with Gasteiger partial charge in [-0.25, -0.2) is 9.78 Å². The fourth-order valence-corrected chi connectivity index (χ4v) is 2.82. The highest BCUT2D eigenvalue weighted by Crippen LogP contribution is 2.25. The zero-order valence-electron chi connectivity index (χ0n) is 13.0. The van der Waals surface area contributed by atoms with Crippen LogP contribution in [0.25, 0.3) is 0 Å². The molecule has 0 saturated carbocycles. The van der Waals surface area contributed by atoms with E-state index in [1.165, 1.54) is 25.7 Å². The Hall–Kier alpha value is -1.78. The number of rotatable bonds is 4. The largest absolute Gasteiger partial charge is 0.462 e. The van der Waals surface area contributed by atoms with Crippen molar-refractivity contribution in [3.8, 4) is 0 Å². The summed E-state index contributed by atoms with van der Waals surface area (Å²) in [6, 6.07) is 1.76. The van der Waals surface area contributed by atoms with E-state index < -0.39 is 0 Å². The van der Waals surface area contributed by atoms with E-state index in [2.05, 4.69) is 16.8 Å². The molecule has 1 aliphatic rings. The Morgan fingerprint density at radius 1 is 1.43 bits per heavy atom. The average Bonchev–Trinajstić information content (AvgIpc) is 2.73. The lowest BCUT2D eigenvalue weighted by Gasteiger charge is -2.22. The van der Waals surface area contributed by atoms with Crippen molar-refractivity contribution in [2.24, 2.45) is 5.92 Å². The van der Waals surface area contributed by atoms with Crippen molar-refractivity contribution in [2.75, 3.05) is 30.3 Å². The predicted octanol–water partition coefficient (Wildman–Crippen LogP) is 2.86. The van der Waals surface area contributed by atoms with Gasteiger partial charge in [0.15, 0.2) is 0 Å². The molecule has 5 heteroatoms. The molecule has 1 saturated heterocycles. The normalized spacial score (nSPS) is 19.1. The van der Waals surface area contributed by atoms with E-state index in [1.807, 2.05) is 0 Å². The second kappa shape index (κ2) is 7.29. The molecular weight excluding hydrogens is 266 g/mol. The molecule has 1 fully saturated rings. The molecule has 0 radical (unpaired) electrons. The van der Waals surface area contributed by atoms with Gasteiger partial charge in [0, 0.05) is 13.1 Å². The Balaban J connectivity index is 2.16. The monoisotopic (exact) mass is 291 g/mol. The number of nitrogens with zero attached hydrogens (tertiary/aromatic N) is 2. The molecule has 2 heterocycles. The number of hydrogen-bond donors (Lipinski definition) is 1. The Bertz CT molecular complexity index is 490. The van der Waals surface area contributed by atoms with Gasteiger partial charge in [0.05, 0.1) is 24.1 Å².